The number of hydrogen-bond acceptors (Lipinski definition) is 11. The van der Waals surface area contributed by atoms with Crippen LogP contribution in [0.5, 0.6) is 0 Å². The number of carbonyl (C=O) groups excluding carboxylic acids is 4. The number of aliphatic hydroxyl groups excluding tert-OH is 2. The van der Waals surface area contributed by atoms with Crippen LogP contribution in [0.3, 0.4) is 0 Å². The molecule has 2 aliphatic heterocycles. The maximum Gasteiger partial charge on any atom is 0.410 e. The molecule has 2 aliphatic rings. The Hall–Kier alpha value is -2.68. The Kier molecular flexibility index (Phi) is 15.4. The van der Waals surface area contributed by atoms with Gasteiger partial charge in [-0.05, 0) is 41.5 Å². The highest BCUT2D eigenvalue weighted by Gasteiger charge is 2.29. The Balaban J connectivity index is 0.000000743. The monoisotopic (exact) mass is 577 g/mol. The third-order valence-electron chi connectivity index (χ3n) is 5.71. The molecule has 2 atom stereocenters. The van der Waals surface area contributed by atoms with E-state index in [1.807, 2.05) is 51.3 Å². The van der Waals surface area contributed by atoms with E-state index in [4.69, 9.17) is 15.2 Å². The van der Waals surface area contributed by atoms with Crippen LogP contribution in [0, 0.1) is 0 Å². The Morgan fingerprint density at radius 3 is 1.30 bits per heavy atom. The third kappa shape index (κ3) is 14.6. The highest BCUT2D eigenvalue weighted by atomic mass is 16.6. The van der Waals surface area contributed by atoms with Crippen molar-refractivity contribution in [1.82, 2.24) is 19.6 Å². The van der Waals surface area contributed by atoms with Crippen molar-refractivity contribution in [1.29, 1.82) is 0 Å². The van der Waals surface area contributed by atoms with Crippen LogP contribution in [0.2, 0.25) is 0 Å². The average Bonchev–Trinajstić information content (AvgIpc) is 2.82. The number of carbonyl (C=O) groups is 4. The number of esters is 1. The fourth-order valence-electron chi connectivity index (χ4n) is 3.67. The number of nitrogens with two attached hydrogens (primary N) is 1. The van der Waals surface area contributed by atoms with Crippen LogP contribution < -0.4 is 5.73 Å². The summed E-state index contributed by atoms with van der Waals surface area (Å²) in [4.78, 5) is 52.6. The number of primary amides is 1. The molecule has 2 saturated heterocycles. The van der Waals surface area contributed by atoms with Crippen LogP contribution in [0.25, 0.3) is 0 Å². The standard InChI is InChI=1S/C13H24N2O5.C12H23N3O4.CH4/c1-13(2,3)20-12(18)15-7-5-14(6-8-15)9-10(16)11(17)19-4;1-12(2,3)19-11(18)15-6-4-14(5-7-15)8-9(16)10(13)17;/h10,16H,5-9H2,1-4H3;9,16H,4-8H2,1-3H3,(H2,13,17);1H4. The molecule has 2 rings (SSSR count). The van der Waals surface area contributed by atoms with E-state index >= 15 is 0 Å². The molecular weight excluding hydrogens is 526 g/mol. The van der Waals surface area contributed by atoms with E-state index < -0.39 is 35.3 Å². The Labute approximate surface area is 238 Å². The molecule has 14 heteroatoms. The second-order valence-electron chi connectivity index (χ2n) is 11.5. The fourth-order valence-corrected chi connectivity index (χ4v) is 3.67. The number of amides is 3. The maximum absolute atomic E-state index is 11.9. The van der Waals surface area contributed by atoms with Gasteiger partial charge >= 0.3 is 18.2 Å². The quantitative estimate of drug-likeness (QED) is 0.288. The molecule has 0 radical (unpaired) electrons. The molecule has 3 amide bonds. The van der Waals surface area contributed by atoms with Crippen LogP contribution in [0.15, 0.2) is 0 Å². The first-order chi connectivity index (χ1) is 17.9. The van der Waals surface area contributed by atoms with Crippen molar-refractivity contribution in [2.24, 2.45) is 5.73 Å². The number of aliphatic hydroxyl groups is 2. The van der Waals surface area contributed by atoms with Crippen molar-refractivity contribution < 1.29 is 43.6 Å². The Morgan fingerprint density at radius 2 is 1.02 bits per heavy atom. The minimum Gasteiger partial charge on any atom is -0.467 e. The first-order valence-corrected chi connectivity index (χ1v) is 13.1. The van der Waals surface area contributed by atoms with E-state index in [1.165, 1.54) is 7.11 Å². The van der Waals surface area contributed by atoms with Crippen LogP contribution in [0.1, 0.15) is 49.0 Å². The Morgan fingerprint density at radius 1 is 0.700 bits per heavy atom. The summed E-state index contributed by atoms with van der Waals surface area (Å²) >= 11 is 0. The number of methoxy groups -OCH3 is 1. The number of nitrogens with zero attached hydrogens (tertiary/aromatic N) is 4. The zero-order valence-corrected chi connectivity index (χ0v) is 24.3. The molecule has 2 unspecified atom stereocenters. The second-order valence-corrected chi connectivity index (χ2v) is 11.5. The van der Waals surface area contributed by atoms with E-state index in [2.05, 4.69) is 4.74 Å². The number of β-amino-alcohol motifs (C(OH)–C–C–N with tert-alkyl or cyclic N) is 2. The van der Waals surface area contributed by atoms with E-state index in [0.717, 1.165) is 0 Å². The van der Waals surface area contributed by atoms with Crippen LogP contribution in [-0.2, 0) is 23.8 Å². The first kappa shape index (κ1) is 37.3. The lowest BCUT2D eigenvalue weighted by Crippen LogP contribution is -2.52. The largest absolute Gasteiger partial charge is 0.467 e. The SMILES string of the molecule is C.CC(C)(C)OC(=O)N1CCN(CC(O)C(N)=O)CC1.COC(=O)C(O)CN1CCN(C(=O)OC(C)(C)C)CC1. The van der Waals surface area contributed by atoms with Crippen molar-refractivity contribution in [2.45, 2.75) is 72.4 Å². The molecule has 0 bridgehead atoms. The van der Waals surface area contributed by atoms with Crippen molar-refractivity contribution in [3.63, 3.8) is 0 Å². The number of ether oxygens (including phenoxy) is 3. The zero-order chi connectivity index (χ0) is 30.0. The van der Waals surface area contributed by atoms with Gasteiger partial charge in [0.05, 0.1) is 7.11 Å². The Bertz CT molecular complexity index is 812. The molecule has 14 nitrogen and oxygen atoms in total. The van der Waals surface area contributed by atoms with E-state index in [1.54, 1.807) is 9.80 Å². The van der Waals surface area contributed by atoms with Gasteiger partial charge in [-0.25, -0.2) is 14.4 Å². The van der Waals surface area contributed by atoms with Gasteiger partial charge in [0.2, 0.25) is 5.91 Å². The third-order valence-corrected chi connectivity index (χ3v) is 5.71. The van der Waals surface area contributed by atoms with Gasteiger partial charge in [0.15, 0.2) is 6.10 Å². The minimum atomic E-state index is -1.16. The summed E-state index contributed by atoms with van der Waals surface area (Å²) < 4.78 is 15.0. The van der Waals surface area contributed by atoms with E-state index in [-0.39, 0.29) is 32.7 Å². The zero-order valence-electron chi connectivity index (χ0n) is 24.3. The molecule has 0 saturated carbocycles. The van der Waals surface area contributed by atoms with Gasteiger partial charge in [-0.3, -0.25) is 14.6 Å². The topological polar surface area (TPSA) is 175 Å². The summed E-state index contributed by atoms with van der Waals surface area (Å²) in [7, 11) is 1.24. The van der Waals surface area contributed by atoms with Crippen LogP contribution >= 0.6 is 0 Å². The molecule has 0 aliphatic carbocycles. The predicted octanol–water partition coefficient (Wildman–Crippen LogP) is 0.0944. The molecular formula is C26H51N5O9. The summed E-state index contributed by atoms with van der Waals surface area (Å²) in [6, 6.07) is 0. The van der Waals surface area contributed by atoms with Crippen molar-refractivity contribution in [3.8, 4) is 0 Å². The molecule has 2 heterocycles. The van der Waals surface area contributed by atoms with Gasteiger partial charge in [-0.1, -0.05) is 7.43 Å². The molecule has 0 aromatic rings. The maximum atomic E-state index is 11.9. The minimum absolute atomic E-state index is 0. The van der Waals surface area contributed by atoms with E-state index in [0.29, 0.717) is 52.4 Å². The summed E-state index contributed by atoms with van der Waals surface area (Å²) in [5, 5.41) is 19.0. The highest BCUT2D eigenvalue weighted by Crippen LogP contribution is 2.13. The first-order valence-electron chi connectivity index (χ1n) is 13.1. The predicted molar refractivity (Wildman–Crippen MR) is 148 cm³/mol. The molecule has 2 fully saturated rings. The van der Waals surface area contributed by atoms with Crippen LogP contribution in [-0.4, -0.2) is 150 Å². The van der Waals surface area contributed by atoms with Gasteiger partial charge in [-0.15, -0.1) is 0 Å². The molecule has 0 aromatic carbocycles. The summed E-state index contributed by atoms with van der Waals surface area (Å²) in [6.07, 6.45) is -2.96. The van der Waals surface area contributed by atoms with Gasteiger partial charge in [0.1, 0.15) is 17.3 Å². The van der Waals surface area contributed by atoms with Crippen molar-refractivity contribution in [2.75, 3.05) is 72.6 Å². The summed E-state index contributed by atoms with van der Waals surface area (Å²) in [5.41, 5.74) is 3.99. The lowest BCUT2D eigenvalue weighted by atomic mass is 10.2. The van der Waals surface area contributed by atoms with E-state index in [9.17, 15) is 29.4 Å². The highest BCUT2D eigenvalue weighted by molar-refractivity contribution is 5.78. The van der Waals surface area contributed by atoms with Gasteiger partial charge in [0.25, 0.3) is 0 Å². The van der Waals surface area contributed by atoms with Gasteiger partial charge in [0, 0.05) is 65.4 Å². The second kappa shape index (κ2) is 16.6. The lowest BCUT2D eigenvalue weighted by Gasteiger charge is -2.35. The molecule has 0 aromatic heterocycles. The lowest BCUT2D eigenvalue weighted by molar-refractivity contribution is -0.151. The summed E-state index contributed by atoms with van der Waals surface area (Å²) in [6.45, 7) is 15.8. The molecule has 40 heavy (non-hydrogen) atoms. The van der Waals surface area contributed by atoms with Crippen molar-refractivity contribution in [3.05, 3.63) is 0 Å². The molecule has 0 spiro atoms. The van der Waals surface area contributed by atoms with Gasteiger partial charge < -0.3 is 40.0 Å². The van der Waals surface area contributed by atoms with Crippen LogP contribution in [0.4, 0.5) is 9.59 Å². The number of rotatable bonds is 6. The molecule has 234 valence electrons. The van der Waals surface area contributed by atoms with Crippen molar-refractivity contribution >= 4 is 24.1 Å². The number of piperazine rings is 2. The summed E-state index contributed by atoms with van der Waals surface area (Å²) in [5.74, 6) is -1.37. The number of hydrogen-bond donors (Lipinski definition) is 3. The fraction of sp³-hybridized carbons (Fsp3) is 0.846. The average molecular weight is 578 g/mol. The molecule has 4 N–H and O–H groups in total. The normalized spacial score (nSPS) is 18.3. The van der Waals surface area contributed by atoms with Gasteiger partial charge in [-0.2, -0.15) is 0 Å². The smallest absolute Gasteiger partial charge is 0.410 e.